The van der Waals surface area contributed by atoms with E-state index in [2.05, 4.69) is 33.0 Å². The molecule has 1 aromatic heterocycles. The van der Waals surface area contributed by atoms with E-state index < -0.39 is 0 Å². The number of pyridine rings is 1. The molecule has 3 nitrogen and oxygen atoms in total. The van der Waals surface area contributed by atoms with E-state index in [0.29, 0.717) is 15.8 Å². The van der Waals surface area contributed by atoms with E-state index in [0.717, 1.165) is 20.5 Å². The molecule has 0 aliphatic heterocycles. The number of hydrogen-bond donors (Lipinski definition) is 2. The fourth-order valence-corrected chi connectivity index (χ4v) is 4.11. The average Bonchev–Trinajstić information content (AvgIpc) is 2.46. The van der Waals surface area contributed by atoms with E-state index in [1.165, 1.54) is 17.3 Å². The summed E-state index contributed by atoms with van der Waals surface area (Å²) in [6, 6.07) is 9.58. The highest BCUT2D eigenvalue weighted by atomic mass is 79.9. The van der Waals surface area contributed by atoms with Crippen molar-refractivity contribution < 1.29 is 5.11 Å². The van der Waals surface area contributed by atoms with Gasteiger partial charge in [-0.25, -0.2) is 0 Å². The Morgan fingerprint density at radius 1 is 1.04 bits per heavy atom. The zero-order chi connectivity index (χ0) is 16.7. The monoisotopic (exact) mass is 389 g/mol. The summed E-state index contributed by atoms with van der Waals surface area (Å²) in [4.78, 5) is 16.6. The predicted molar refractivity (Wildman–Crippen MR) is 98.7 cm³/mol. The van der Waals surface area contributed by atoms with Crippen LogP contribution in [-0.2, 0) is 0 Å². The highest BCUT2D eigenvalue weighted by Crippen LogP contribution is 2.39. The lowest BCUT2D eigenvalue weighted by atomic mass is 10.1. The summed E-state index contributed by atoms with van der Waals surface area (Å²) in [7, 11) is 0. The first-order valence-corrected chi connectivity index (χ1v) is 8.78. The van der Waals surface area contributed by atoms with Crippen molar-refractivity contribution in [2.24, 2.45) is 0 Å². The number of aromatic hydroxyl groups is 1. The van der Waals surface area contributed by atoms with Crippen LogP contribution in [0.4, 0.5) is 0 Å². The Bertz CT molecular complexity index is 956. The molecule has 0 saturated heterocycles. The van der Waals surface area contributed by atoms with Gasteiger partial charge in [0.2, 0.25) is 0 Å². The zero-order valence-corrected chi connectivity index (χ0v) is 15.4. The van der Waals surface area contributed by atoms with E-state index in [9.17, 15) is 9.90 Å². The summed E-state index contributed by atoms with van der Waals surface area (Å²) in [5.41, 5.74) is 3.73. The van der Waals surface area contributed by atoms with Gasteiger partial charge in [0, 0.05) is 14.8 Å². The van der Waals surface area contributed by atoms with Gasteiger partial charge in [-0.05, 0) is 50.1 Å². The van der Waals surface area contributed by atoms with Crippen molar-refractivity contribution in [2.75, 3.05) is 0 Å². The minimum atomic E-state index is -0.276. The minimum absolute atomic E-state index is 0.0226. The normalized spacial score (nSPS) is 11.1. The maximum Gasteiger partial charge on any atom is 0.266 e. The number of aromatic nitrogens is 1. The Balaban J connectivity index is 2.20. The van der Waals surface area contributed by atoms with Crippen molar-refractivity contribution in [3.8, 4) is 5.75 Å². The number of H-pyrrole nitrogens is 1. The van der Waals surface area contributed by atoms with Gasteiger partial charge in [0.1, 0.15) is 10.6 Å². The molecule has 0 radical (unpaired) electrons. The van der Waals surface area contributed by atoms with Crippen LogP contribution in [0.2, 0.25) is 0 Å². The number of benzene rings is 2. The molecule has 0 unspecified atom stereocenters. The van der Waals surface area contributed by atoms with Crippen LogP contribution in [0, 0.1) is 20.8 Å². The second-order valence-electron chi connectivity index (χ2n) is 5.65. The van der Waals surface area contributed by atoms with Gasteiger partial charge in [0.15, 0.2) is 0 Å². The molecule has 1 heterocycles. The first kappa shape index (κ1) is 16.1. The number of nitrogens with one attached hydrogen (secondary N) is 1. The van der Waals surface area contributed by atoms with E-state index in [4.69, 9.17) is 0 Å². The summed E-state index contributed by atoms with van der Waals surface area (Å²) < 4.78 is 0.853. The van der Waals surface area contributed by atoms with Crippen molar-refractivity contribution in [1.29, 1.82) is 0 Å². The molecule has 0 fully saturated rings. The molecular formula is C18H16BrNO2S. The summed E-state index contributed by atoms with van der Waals surface area (Å²) in [6.45, 7) is 6.09. The molecule has 0 amide bonds. The van der Waals surface area contributed by atoms with Gasteiger partial charge in [-0.2, -0.15) is 0 Å². The number of fused-ring (bicyclic) bond motifs is 1. The summed E-state index contributed by atoms with van der Waals surface area (Å²) in [5.74, 6) is 0.0226. The van der Waals surface area contributed by atoms with E-state index >= 15 is 0 Å². The lowest BCUT2D eigenvalue weighted by molar-refractivity contribution is 0.467. The van der Waals surface area contributed by atoms with E-state index in [1.54, 1.807) is 12.1 Å². The third-order valence-electron chi connectivity index (χ3n) is 3.72. The summed E-state index contributed by atoms with van der Waals surface area (Å²) in [5, 5.41) is 11.2. The van der Waals surface area contributed by atoms with Crippen LogP contribution < -0.4 is 5.56 Å². The molecule has 5 heteroatoms. The Morgan fingerprint density at radius 3 is 2.35 bits per heavy atom. The SMILES string of the molecule is Cc1cc(C)c(Sc2c(O)c3cc(Br)ccc3[nH]c2=O)c(C)c1. The van der Waals surface area contributed by atoms with Crippen LogP contribution in [0.1, 0.15) is 16.7 Å². The highest BCUT2D eigenvalue weighted by molar-refractivity contribution is 9.10. The standard InChI is InChI=1S/C18H16BrNO2S/c1-9-6-10(2)16(11(3)7-9)23-17-15(21)13-8-12(19)4-5-14(13)20-18(17)22/h4-8H,1-3H3,(H2,20,21,22). The molecule has 0 bridgehead atoms. The van der Waals surface area contributed by atoms with Gasteiger partial charge in [0.05, 0.1) is 5.52 Å². The molecule has 0 aliphatic rings. The van der Waals surface area contributed by atoms with Gasteiger partial charge >= 0.3 is 0 Å². The zero-order valence-electron chi connectivity index (χ0n) is 13.0. The molecule has 118 valence electrons. The smallest absolute Gasteiger partial charge is 0.266 e. The molecule has 0 atom stereocenters. The van der Waals surface area contributed by atoms with Gasteiger partial charge in [-0.1, -0.05) is 45.4 Å². The van der Waals surface area contributed by atoms with Crippen LogP contribution in [0.3, 0.4) is 0 Å². The molecule has 2 aromatic carbocycles. The van der Waals surface area contributed by atoms with Gasteiger partial charge in [-0.15, -0.1) is 0 Å². The first-order valence-electron chi connectivity index (χ1n) is 7.17. The maximum absolute atomic E-state index is 12.4. The van der Waals surface area contributed by atoms with Crippen molar-refractivity contribution in [1.82, 2.24) is 4.98 Å². The molecule has 0 aliphatic carbocycles. The van der Waals surface area contributed by atoms with Gasteiger partial charge in [-0.3, -0.25) is 4.79 Å². The molecule has 0 spiro atoms. The largest absolute Gasteiger partial charge is 0.506 e. The lowest BCUT2D eigenvalue weighted by Gasteiger charge is -2.12. The third kappa shape index (κ3) is 3.03. The summed E-state index contributed by atoms with van der Waals surface area (Å²) >= 11 is 4.71. The molecule has 3 rings (SSSR count). The predicted octanol–water partition coefficient (Wildman–Crippen LogP) is 5.07. The van der Waals surface area contributed by atoms with Crippen LogP contribution in [-0.4, -0.2) is 10.1 Å². The lowest BCUT2D eigenvalue weighted by Crippen LogP contribution is -2.09. The van der Waals surface area contributed by atoms with E-state index in [1.807, 2.05) is 26.8 Å². The molecule has 2 N–H and O–H groups in total. The molecule has 3 aromatic rings. The van der Waals surface area contributed by atoms with Crippen LogP contribution in [0.25, 0.3) is 10.9 Å². The third-order valence-corrected chi connectivity index (χ3v) is 5.64. The topological polar surface area (TPSA) is 53.1 Å². The van der Waals surface area contributed by atoms with Crippen LogP contribution in [0.5, 0.6) is 5.75 Å². The Morgan fingerprint density at radius 2 is 1.70 bits per heavy atom. The fourth-order valence-electron chi connectivity index (χ4n) is 2.75. The highest BCUT2D eigenvalue weighted by Gasteiger charge is 2.16. The average molecular weight is 390 g/mol. The van der Waals surface area contributed by atoms with Crippen molar-refractivity contribution in [2.45, 2.75) is 30.6 Å². The van der Waals surface area contributed by atoms with Crippen LogP contribution >= 0.6 is 27.7 Å². The first-order chi connectivity index (χ1) is 10.9. The Hall–Kier alpha value is -1.72. The van der Waals surface area contributed by atoms with E-state index in [-0.39, 0.29) is 11.3 Å². The second-order valence-corrected chi connectivity index (χ2v) is 7.59. The summed E-state index contributed by atoms with van der Waals surface area (Å²) in [6.07, 6.45) is 0. The maximum atomic E-state index is 12.4. The Labute approximate surface area is 146 Å². The number of hydrogen-bond acceptors (Lipinski definition) is 3. The quantitative estimate of drug-likeness (QED) is 0.642. The number of aromatic amines is 1. The van der Waals surface area contributed by atoms with Crippen molar-refractivity contribution >= 4 is 38.6 Å². The Kier molecular flexibility index (Phi) is 4.25. The number of aryl methyl sites for hydroxylation is 3. The van der Waals surface area contributed by atoms with Gasteiger partial charge < -0.3 is 10.1 Å². The van der Waals surface area contributed by atoms with Crippen molar-refractivity contribution in [3.05, 3.63) is 61.8 Å². The minimum Gasteiger partial charge on any atom is -0.506 e. The second kappa shape index (κ2) is 6.06. The number of rotatable bonds is 2. The van der Waals surface area contributed by atoms with Gasteiger partial charge in [0.25, 0.3) is 5.56 Å². The molecule has 23 heavy (non-hydrogen) atoms. The molecular weight excluding hydrogens is 374 g/mol. The number of halogens is 1. The molecule has 0 saturated carbocycles. The van der Waals surface area contributed by atoms with Crippen LogP contribution in [0.15, 0.2) is 49.4 Å². The fraction of sp³-hybridized carbons (Fsp3) is 0.167. The van der Waals surface area contributed by atoms with Crippen molar-refractivity contribution in [3.63, 3.8) is 0 Å².